The van der Waals surface area contributed by atoms with Crippen molar-refractivity contribution in [1.82, 2.24) is 10.6 Å². The van der Waals surface area contributed by atoms with E-state index in [1.165, 1.54) is 19.3 Å². The van der Waals surface area contributed by atoms with Crippen molar-refractivity contribution in [2.75, 3.05) is 6.54 Å². The second-order valence-electron chi connectivity index (χ2n) is 6.37. The van der Waals surface area contributed by atoms with Crippen LogP contribution in [0, 0.1) is 23.7 Å². The molecule has 0 spiro atoms. The topological polar surface area (TPSA) is 78.4 Å². The van der Waals surface area contributed by atoms with Crippen LogP contribution in [0.2, 0.25) is 0 Å². The van der Waals surface area contributed by atoms with Crippen LogP contribution in [0.15, 0.2) is 0 Å². The van der Waals surface area contributed by atoms with Gasteiger partial charge in [-0.25, -0.2) is 4.79 Å². The molecule has 2 bridgehead atoms. The third-order valence-electron chi connectivity index (χ3n) is 5.28. The van der Waals surface area contributed by atoms with E-state index in [1.54, 1.807) is 0 Å². The highest BCUT2D eigenvalue weighted by Crippen LogP contribution is 2.48. The van der Waals surface area contributed by atoms with Gasteiger partial charge in [-0.3, -0.25) is 4.79 Å². The average Bonchev–Trinajstić information content (AvgIpc) is 2.86. The smallest absolute Gasteiger partial charge is 0.315 e. The summed E-state index contributed by atoms with van der Waals surface area (Å²) in [5.74, 6) is 0.116. The van der Waals surface area contributed by atoms with Gasteiger partial charge in [0, 0.05) is 12.6 Å². The molecule has 0 aromatic heterocycles. The standard InChI is InChI=1S/C14H22N2O3/c17-13(18)11-9-4-5-10(6-9)12(11)16-14(19)15-7-8-2-1-3-8/h8-12H,1-7H2,(H,17,18)(H2,15,16,19). The molecule has 0 aliphatic heterocycles. The molecular weight excluding hydrogens is 244 g/mol. The Morgan fingerprint density at radius 1 is 1.11 bits per heavy atom. The van der Waals surface area contributed by atoms with Crippen LogP contribution in [0.1, 0.15) is 38.5 Å². The zero-order valence-corrected chi connectivity index (χ0v) is 11.1. The fourth-order valence-corrected chi connectivity index (χ4v) is 3.99. The van der Waals surface area contributed by atoms with Crippen molar-refractivity contribution < 1.29 is 14.7 Å². The molecule has 0 aromatic rings. The summed E-state index contributed by atoms with van der Waals surface area (Å²) >= 11 is 0. The predicted molar refractivity (Wildman–Crippen MR) is 69.6 cm³/mol. The van der Waals surface area contributed by atoms with E-state index in [1.807, 2.05) is 0 Å². The van der Waals surface area contributed by atoms with E-state index in [0.717, 1.165) is 25.8 Å². The maximum atomic E-state index is 11.9. The van der Waals surface area contributed by atoms with Crippen LogP contribution in [-0.4, -0.2) is 29.7 Å². The summed E-state index contributed by atoms with van der Waals surface area (Å²) in [5.41, 5.74) is 0. The van der Waals surface area contributed by atoms with Gasteiger partial charge in [0.05, 0.1) is 5.92 Å². The number of carboxylic acids is 1. The number of rotatable bonds is 4. The fraction of sp³-hybridized carbons (Fsp3) is 0.857. The van der Waals surface area contributed by atoms with Crippen molar-refractivity contribution in [2.24, 2.45) is 23.7 Å². The normalized spacial score (nSPS) is 36.8. The number of nitrogens with one attached hydrogen (secondary N) is 2. The molecule has 3 saturated carbocycles. The molecule has 3 aliphatic rings. The maximum absolute atomic E-state index is 11.9. The lowest BCUT2D eigenvalue weighted by atomic mass is 9.84. The molecule has 3 fully saturated rings. The van der Waals surface area contributed by atoms with Gasteiger partial charge in [0.1, 0.15) is 0 Å². The minimum absolute atomic E-state index is 0.169. The zero-order chi connectivity index (χ0) is 13.4. The van der Waals surface area contributed by atoms with Crippen LogP contribution in [0.5, 0.6) is 0 Å². The Hall–Kier alpha value is -1.26. The second kappa shape index (κ2) is 5.02. The monoisotopic (exact) mass is 266 g/mol. The molecule has 3 aliphatic carbocycles. The first-order valence-corrected chi connectivity index (χ1v) is 7.42. The third-order valence-corrected chi connectivity index (χ3v) is 5.28. The first-order chi connectivity index (χ1) is 9.15. The molecular formula is C14H22N2O3. The van der Waals surface area contributed by atoms with Crippen molar-refractivity contribution in [1.29, 1.82) is 0 Å². The molecule has 2 amide bonds. The minimum Gasteiger partial charge on any atom is -0.481 e. The largest absolute Gasteiger partial charge is 0.481 e. The van der Waals surface area contributed by atoms with Crippen LogP contribution >= 0.6 is 0 Å². The number of amides is 2. The number of hydrogen-bond acceptors (Lipinski definition) is 2. The van der Waals surface area contributed by atoms with Crippen molar-refractivity contribution in [2.45, 2.75) is 44.6 Å². The van der Waals surface area contributed by atoms with Crippen LogP contribution in [0.3, 0.4) is 0 Å². The van der Waals surface area contributed by atoms with Crippen molar-refractivity contribution >= 4 is 12.0 Å². The molecule has 19 heavy (non-hydrogen) atoms. The SMILES string of the molecule is O=C(NCC1CCC1)NC1C2CCC(C2)C1C(=O)O. The van der Waals surface area contributed by atoms with Crippen LogP contribution in [-0.2, 0) is 4.79 Å². The lowest BCUT2D eigenvalue weighted by molar-refractivity contribution is -0.144. The Kier molecular flexibility index (Phi) is 3.37. The Morgan fingerprint density at radius 3 is 2.47 bits per heavy atom. The minimum atomic E-state index is -0.753. The van der Waals surface area contributed by atoms with Gasteiger partial charge in [-0.15, -0.1) is 0 Å². The van der Waals surface area contributed by atoms with Gasteiger partial charge in [-0.2, -0.15) is 0 Å². The highest BCUT2D eigenvalue weighted by molar-refractivity contribution is 5.77. The van der Waals surface area contributed by atoms with Crippen LogP contribution < -0.4 is 10.6 Å². The lowest BCUT2D eigenvalue weighted by Crippen LogP contribution is -2.51. The molecule has 0 radical (unpaired) electrons. The number of hydrogen-bond donors (Lipinski definition) is 3. The molecule has 3 N–H and O–H groups in total. The Labute approximate surface area is 113 Å². The quantitative estimate of drug-likeness (QED) is 0.723. The first kappa shape index (κ1) is 12.8. The molecule has 4 atom stereocenters. The van der Waals surface area contributed by atoms with Crippen LogP contribution in [0.25, 0.3) is 0 Å². The summed E-state index contributed by atoms with van der Waals surface area (Å²) in [6, 6.07) is -0.353. The molecule has 3 rings (SSSR count). The third kappa shape index (κ3) is 2.42. The van der Waals surface area contributed by atoms with Crippen molar-refractivity contribution in [3.05, 3.63) is 0 Å². The highest BCUT2D eigenvalue weighted by Gasteiger charge is 2.51. The molecule has 0 saturated heterocycles. The number of carbonyl (C=O) groups is 2. The van der Waals surface area contributed by atoms with E-state index in [2.05, 4.69) is 10.6 Å². The van der Waals surface area contributed by atoms with Crippen molar-refractivity contribution in [3.63, 3.8) is 0 Å². The van der Waals surface area contributed by atoms with Gasteiger partial charge in [0.15, 0.2) is 0 Å². The zero-order valence-electron chi connectivity index (χ0n) is 11.1. The van der Waals surface area contributed by atoms with E-state index >= 15 is 0 Å². The van der Waals surface area contributed by atoms with E-state index < -0.39 is 5.97 Å². The van der Waals surface area contributed by atoms with Crippen LogP contribution in [0.4, 0.5) is 4.79 Å². The van der Waals surface area contributed by atoms with Gasteiger partial charge in [-0.1, -0.05) is 6.42 Å². The van der Waals surface area contributed by atoms with E-state index in [4.69, 9.17) is 0 Å². The second-order valence-corrected chi connectivity index (χ2v) is 6.37. The number of carboxylic acid groups (broad SMARTS) is 1. The molecule has 0 heterocycles. The van der Waals surface area contributed by atoms with E-state index in [0.29, 0.717) is 11.8 Å². The lowest BCUT2D eigenvalue weighted by Gasteiger charge is -2.30. The Bertz CT molecular complexity index is 381. The highest BCUT2D eigenvalue weighted by atomic mass is 16.4. The number of carbonyl (C=O) groups excluding carboxylic acids is 1. The first-order valence-electron chi connectivity index (χ1n) is 7.42. The summed E-state index contributed by atoms with van der Waals surface area (Å²) in [4.78, 5) is 23.2. The van der Waals surface area contributed by atoms with Gasteiger partial charge in [0.2, 0.25) is 0 Å². The van der Waals surface area contributed by atoms with Gasteiger partial charge < -0.3 is 15.7 Å². The number of fused-ring (bicyclic) bond motifs is 2. The van der Waals surface area contributed by atoms with E-state index in [-0.39, 0.29) is 23.9 Å². The molecule has 0 aromatic carbocycles. The predicted octanol–water partition coefficient (Wildman–Crippen LogP) is 1.59. The summed E-state index contributed by atoms with van der Waals surface area (Å²) < 4.78 is 0. The maximum Gasteiger partial charge on any atom is 0.315 e. The summed E-state index contributed by atoms with van der Waals surface area (Å²) in [5, 5.41) is 15.1. The Balaban J connectivity index is 1.52. The average molecular weight is 266 g/mol. The number of aliphatic carboxylic acids is 1. The molecule has 4 unspecified atom stereocenters. The molecule has 5 heteroatoms. The fourth-order valence-electron chi connectivity index (χ4n) is 3.99. The molecule has 5 nitrogen and oxygen atoms in total. The Morgan fingerprint density at radius 2 is 1.84 bits per heavy atom. The summed E-state index contributed by atoms with van der Waals surface area (Å²) in [6.07, 6.45) is 6.69. The molecule has 106 valence electrons. The van der Waals surface area contributed by atoms with Gasteiger partial charge in [-0.05, 0) is 49.9 Å². The van der Waals surface area contributed by atoms with Gasteiger partial charge >= 0.3 is 12.0 Å². The summed E-state index contributed by atoms with van der Waals surface area (Å²) in [6.45, 7) is 0.727. The van der Waals surface area contributed by atoms with E-state index in [9.17, 15) is 14.7 Å². The van der Waals surface area contributed by atoms with Crippen molar-refractivity contribution in [3.8, 4) is 0 Å². The number of urea groups is 1. The van der Waals surface area contributed by atoms with Gasteiger partial charge in [0.25, 0.3) is 0 Å². The summed E-state index contributed by atoms with van der Waals surface area (Å²) in [7, 11) is 0.